The molecule has 0 spiro atoms. The van der Waals surface area contributed by atoms with E-state index in [0.29, 0.717) is 18.6 Å². The number of benzene rings is 2. The lowest BCUT2D eigenvalue weighted by molar-refractivity contribution is 0.0247. The molecule has 0 amide bonds. The van der Waals surface area contributed by atoms with Crippen molar-refractivity contribution in [1.29, 1.82) is 0 Å². The highest BCUT2D eigenvalue weighted by Gasteiger charge is 2.46. The van der Waals surface area contributed by atoms with E-state index in [-0.39, 0.29) is 16.7 Å². The number of ether oxygens (including phenoxy) is 1. The summed E-state index contributed by atoms with van der Waals surface area (Å²) in [6, 6.07) is 15.4. The SMILES string of the molecule is CC[C@@H]1CO[C@H]([C@H](C)C(=O)c2ccccc2)N1S(=O)(=O)c1ccc(C)cc1. The average molecular weight is 388 g/mol. The van der Waals surface area contributed by atoms with Gasteiger partial charge in [0.2, 0.25) is 10.0 Å². The summed E-state index contributed by atoms with van der Waals surface area (Å²) in [4.78, 5) is 13.1. The fourth-order valence-electron chi connectivity index (χ4n) is 3.39. The molecule has 27 heavy (non-hydrogen) atoms. The van der Waals surface area contributed by atoms with E-state index in [4.69, 9.17) is 4.74 Å². The van der Waals surface area contributed by atoms with Crippen LogP contribution < -0.4 is 0 Å². The zero-order valence-corrected chi connectivity index (χ0v) is 16.6. The van der Waals surface area contributed by atoms with Gasteiger partial charge in [-0.1, -0.05) is 61.9 Å². The number of sulfonamides is 1. The monoisotopic (exact) mass is 387 g/mol. The maximum absolute atomic E-state index is 13.3. The number of hydrogen-bond acceptors (Lipinski definition) is 4. The first-order chi connectivity index (χ1) is 12.9. The van der Waals surface area contributed by atoms with Gasteiger partial charge in [0.1, 0.15) is 6.23 Å². The largest absolute Gasteiger partial charge is 0.360 e. The van der Waals surface area contributed by atoms with E-state index in [1.54, 1.807) is 55.5 Å². The summed E-state index contributed by atoms with van der Waals surface area (Å²) in [6.07, 6.45) is -0.192. The summed E-state index contributed by atoms with van der Waals surface area (Å²) in [5.74, 6) is -0.731. The normalized spacial score (nSPS) is 21.9. The summed E-state index contributed by atoms with van der Waals surface area (Å²) >= 11 is 0. The van der Waals surface area contributed by atoms with Gasteiger partial charge in [0.25, 0.3) is 0 Å². The van der Waals surface area contributed by atoms with Crippen LogP contribution >= 0.6 is 0 Å². The standard InChI is InChI=1S/C21H25NO4S/c1-4-18-14-26-21(16(3)20(23)17-8-6-5-7-9-17)22(18)27(24,25)19-12-10-15(2)11-13-19/h5-13,16,18,21H,4,14H2,1-3H3/t16-,18-,21-/m1/s1. The maximum Gasteiger partial charge on any atom is 0.245 e. The smallest absolute Gasteiger partial charge is 0.245 e. The van der Waals surface area contributed by atoms with Crippen molar-refractivity contribution in [2.45, 2.75) is 44.4 Å². The zero-order chi connectivity index (χ0) is 19.6. The maximum atomic E-state index is 13.3. The fraction of sp³-hybridized carbons (Fsp3) is 0.381. The molecule has 3 rings (SSSR count). The molecule has 1 heterocycles. The van der Waals surface area contributed by atoms with Gasteiger partial charge in [0.15, 0.2) is 5.78 Å². The third kappa shape index (κ3) is 3.83. The van der Waals surface area contributed by atoms with Crippen LogP contribution in [0, 0.1) is 12.8 Å². The molecule has 5 nitrogen and oxygen atoms in total. The lowest BCUT2D eigenvalue weighted by Crippen LogP contribution is -2.46. The van der Waals surface area contributed by atoms with Crippen LogP contribution in [0.4, 0.5) is 0 Å². The van der Waals surface area contributed by atoms with Crippen LogP contribution in [0.2, 0.25) is 0 Å². The molecule has 0 aromatic heterocycles. The van der Waals surface area contributed by atoms with Crippen molar-refractivity contribution in [2.75, 3.05) is 6.61 Å². The molecule has 144 valence electrons. The Morgan fingerprint density at radius 2 is 1.78 bits per heavy atom. The molecule has 0 saturated carbocycles. The van der Waals surface area contributed by atoms with E-state index < -0.39 is 22.2 Å². The van der Waals surface area contributed by atoms with Gasteiger partial charge in [0, 0.05) is 5.56 Å². The Balaban J connectivity index is 1.95. The molecule has 2 aromatic carbocycles. The lowest BCUT2D eigenvalue weighted by atomic mass is 9.98. The Labute approximate surface area is 161 Å². The van der Waals surface area contributed by atoms with Crippen LogP contribution in [0.3, 0.4) is 0 Å². The summed E-state index contributed by atoms with van der Waals surface area (Å²) in [7, 11) is -3.77. The van der Waals surface area contributed by atoms with Crippen LogP contribution in [-0.2, 0) is 14.8 Å². The van der Waals surface area contributed by atoms with Crippen LogP contribution in [-0.4, -0.2) is 37.4 Å². The molecule has 0 aliphatic carbocycles. The molecule has 0 N–H and O–H groups in total. The minimum atomic E-state index is -3.77. The predicted octanol–water partition coefficient (Wildman–Crippen LogP) is 3.64. The molecule has 1 fully saturated rings. The molecule has 6 heteroatoms. The molecular formula is C21H25NO4S. The Hall–Kier alpha value is -2.02. The number of carbonyl (C=O) groups is 1. The molecule has 3 atom stereocenters. The van der Waals surface area contributed by atoms with E-state index in [1.165, 1.54) is 4.31 Å². The highest BCUT2D eigenvalue weighted by atomic mass is 32.2. The number of ketones is 1. The van der Waals surface area contributed by atoms with Crippen LogP contribution in [0.5, 0.6) is 0 Å². The first kappa shape index (κ1) is 19.7. The Morgan fingerprint density at radius 1 is 1.15 bits per heavy atom. The van der Waals surface area contributed by atoms with Crippen LogP contribution in [0.25, 0.3) is 0 Å². The number of aryl methyl sites for hydroxylation is 1. The topological polar surface area (TPSA) is 63.7 Å². The van der Waals surface area contributed by atoms with E-state index >= 15 is 0 Å². The number of nitrogens with zero attached hydrogens (tertiary/aromatic N) is 1. The van der Waals surface area contributed by atoms with Crippen molar-refractivity contribution >= 4 is 15.8 Å². The fourth-order valence-corrected chi connectivity index (χ4v) is 5.23. The van der Waals surface area contributed by atoms with Crippen LogP contribution in [0.1, 0.15) is 36.2 Å². The molecule has 0 radical (unpaired) electrons. The lowest BCUT2D eigenvalue weighted by Gasteiger charge is -2.30. The summed E-state index contributed by atoms with van der Waals surface area (Å²) in [6.45, 7) is 5.86. The second-order valence-electron chi connectivity index (χ2n) is 6.95. The molecule has 0 unspecified atom stereocenters. The van der Waals surface area contributed by atoms with Gasteiger partial charge >= 0.3 is 0 Å². The highest BCUT2D eigenvalue weighted by molar-refractivity contribution is 7.89. The first-order valence-electron chi connectivity index (χ1n) is 9.17. The van der Waals surface area contributed by atoms with Crippen LogP contribution in [0.15, 0.2) is 59.5 Å². The van der Waals surface area contributed by atoms with Gasteiger partial charge in [-0.15, -0.1) is 0 Å². The van der Waals surface area contributed by atoms with Crippen molar-refractivity contribution in [3.8, 4) is 0 Å². The average Bonchev–Trinajstić information content (AvgIpc) is 3.13. The van der Waals surface area contributed by atoms with Gasteiger partial charge in [0.05, 0.1) is 23.5 Å². The second kappa shape index (κ2) is 7.92. The third-order valence-corrected chi connectivity index (χ3v) is 6.97. The number of Topliss-reactive ketones (excluding diaryl/α,β-unsaturated/α-hetero) is 1. The molecule has 0 bridgehead atoms. The minimum Gasteiger partial charge on any atom is -0.360 e. The Morgan fingerprint density at radius 3 is 2.37 bits per heavy atom. The van der Waals surface area contributed by atoms with Gasteiger partial charge in [-0.2, -0.15) is 4.31 Å². The Bertz CT molecular complexity index is 894. The summed E-state index contributed by atoms with van der Waals surface area (Å²) < 4.78 is 33.9. The predicted molar refractivity (Wildman–Crippen MR) is 104 cm³/mol. The zero-order valence-electron chi connectivity index (χ0n) is 15.8. The van der Waals surface area contributed by atoms with Gasteiger partial charge in [-0.25, -0.2) is 8.42 Å². The highest BCUT2D eigenvalue weighted by Crippen LogP contribution is 2.33. The molecule has 1 saturated heterocycles. The van der Waals surface area contributed by atoms with Crippen molar-refractivity contribution < 1.29 is 17.9 Å². The van der Waals surface area contributed by atoms with Gasteiger partial charge in [-0.3, -0.25) is 4.79 Å². The van der Waals surface area contributed by atoms with Crippen molar-refractivity contribution in [3.05, 3.63) is 65.7 Å². The van der Waals surface area contributed by atoms with Gasteiger partial charge < -0.3 is 4.74 Å². The number of hydrogen-bond donors (Lipinski definition) is 0. The molecular weight excluding hydrogens is 362 g/mol. The quantitative estimate of drug-likeness (QED) is 0.710. The minimum absolute atomic E-state index is 0.124. The van der Waals surface area contributed by atoms with Crippen molar-refractivity contribution in [2.24, 2.45) is 5.92 Å². The number of rotatable bonds is 6. The van der Waals surface area contributed by atoms with E-state index in [2.05, 4.69) is 0 Å². The number of carbonyl (C=O) groups excluding carboxylic acids is 1. The molecule has 2 aromatic rings. The molecule has 1 aliphatic rings. The van der Waals surface area contributed by atoms with E-state index in [9.17, 15) is 13.2 Å². The van der Waals surface area contributed by atoms with Crippen molar-refractivity contribution in [3.63, 3.8) is 0 Å². The van der Waals surface area contributed by atoms with E-state index in [0.717, 1.165) is 5.56 Å². The second-order valence-corrected chi connectivity index (χ2v) is 8.80. The summed E-state index contributed by atoms with van der Waals surface area (Å²) in [5.41, 5.74) is 1.55. The van der Waals surface area contributed by atoms with Crippen molar-refractivity contribution in [1.82, 2.24) is 4.31 Å². The molecule has 1 aliphatic heterocycles. The Kier molecular flexibility index (Phi) is 5.79. The first-order valence-corrected chi connectivity index (χ1v) is 10.6. The van der Waals surface area contributed by atoms with E-state index in [1.807, 2.05) is 19.9 Å². The summed E-state index contributed by atoms with van der Waals surface area (Å²) in [5, 5.41) is 0. The van der Waals surface area contributed by atoms with Gasteiger partial charge in [-0.05, 0) is 25.5 Å². The third-order valence-electron chi connectivity index (χ3n) is 5.04.